The lowest BCUT2D eigenvalue weighted by Crippen LogP contribution is -1.76. The quantitative estimate of drug-likeness (QED) is 0.582. The Hall–Kier alpha value is -0.490. The van der Waals surface area contributed by atoms with E-state index in [1.807, 2.05) is 0 Å². The lowest BCUT2D eigenvalue weighted by molar-refractivity contribution is 0.112. The van der Waals surface area contributed by atoms with Gasteiger partial charge in [0.25, 0.3) is 0 Å². The second-order valence-corrected chi connectivity index (χ2v) is 4.78. The maximum atomic E-state index is 13.2. The first-order chi connectivity index (χ1) is 6.22. The van der Waals surface area contributed by atoms with Crippen LogP contribution in [0.25, 0.3) is 10.1 Å². The van der Waals surface area contributed by atoms with Crippen molar-refractivity contribution in [2.75, 3.05) is 0 Å². The molecule has 1 heterocycles. The molecule has 0 saturated carbocycles. The van der Waals surface area contributed by atoms with Gasteiger partial charge in [0, 0.05) is 8.96 Å². The average Bonchev–Trinajstić information content (AvgIpc) is 2.56. The summed E-state index contributed by atoms with van der Waals surface area (Å²) in [5.41, 5.74) is 0. The van der Waals surface area contributed by atoms with E-state index in [9.17, 15) is 9.18 Å². The third-order valence-electron chi connectivity index (χ3n) is 1.72. The topological polar surface area (TPSA) is 17.1 Å². The van der Waals surface area contributed by atoms with Crippen molar-refractivity contribution in [2.24, 2.45) is 0 Å². The van der Waals surface area contributed by atoms with Gasteiger partial charge in [-0.15, -0.1) is 11.3 Å². The standard InChI is InChI=1S/C9H4FIOS/c10-7-1-2-8(11)9-6(7)3-5(4-12)13-9/h1-4H. The highest BCUT2D eigenvalue weighted by molar-refractivity contribution is 14.1. The van der Waals surface area contributed by atoms with Crippen molar-refractivity contribution in [1.82, 2.24) is 0 Å². The molecule has 0 saturated heterocycles. The van der Waals surface area contributed by atoms with Crippen molar-refractivity contribution in [3.63, 3.8) is 0 Å². The molecule has 0 N–H and O–H groups in total. The van der Waals surface area contributed by atoms with Crippen molar-refractivity contribution in [3.05, 3.63) is 32.5 Å². The summed E-state index contributed by atoms with van der Waals surface area (Å²) in [6.45, 7) is 0. The van der Waals surface area contributed by atoms with E-state index in [1.165, 1.54) is 17.4 Å². The SMILES string of the molecule is O=Cc1cc2c(F)ccc(I)c2s1. The van der Waals surface area contributed by atoms with E-state index in [4.69, 9.17) is 0 Å². The van der Waals surface area contributed by atoms with Crippen LogP contribution >= 0.6 is 33.9 Å². The molecule has 1 aromatic heterocycles. The van der Waals surface area contributed by atoms with Gasteiger partial charge in [-0.3, -0.25) is 4.79 Å². The Labute approximate surface area is 91.7 Å². The highest BCUT2D eigenvalue weighted by Gasteiger charge is 2.08. The zero-order chi connectivity index (χ0) is 9.42. The number of carbonyl (C=O) groups excluding carboxylic acids is 1. The number of rotatable bonds is 1. The first-order valence-electron chi connectivity index (χ1n) is 3.55. The molecule has 0 amide bonds. The smallest absolute Gasteiger partial charge is 0.160 e. The Bertz CT molecular complexity index is 439. The number of aldehydes is 1. The number of hydrogen-bond donors (Lipinski definition) is 0. The summed E-state index contributed by atoms with van der Waals surface area (Å²) in [5, 5.41) is 0.541. The van der Waals surface area contributed by atoms with E-state index in [1.54, 1.807) is 12.1 Å². The molecule has 1 nitrogen and oxygen atoms in total. The number of fused-ring (bicyclic) bond motifs is 1. The molecule has 0 unspecified atom stereocenters. The van der Waals surface area contributed by atoms with Crippen molar-refractivity contribution in [2.45, 2.75) is 0 Å². The van der Waals surface area contributed by atoms with Crippen LogP contribution in [0.1, 0.15) is 9.67 Å². The van der Waals surface area contributed by atoms with E-state index >= 15 is 0 Å². The Morgan fingerprint density at radius 1 is 1.46 bits per heavy atom. The Balaban J connectivity index is 2.87. The highest BCUT2D eigenvalue weighted by Crippen LogP contribution is 2.30. The minimum Gasteiger partial charge on any atom is -0.297 e. The third kappa shape index (κ3) is 1.48. The first-order valence-corrected chi connectivity index (χ1v) is 5.44. The molecule has 1 aromatic carbocycles. The summed E-state index contributed by atoms with van der Waals surface area (Å²) in [4.78, 5) is 11.1. The fourth-order valence-electron chi connectivity index (χ4n) is 1.13. The van der Waals surface area contributed by atoms with Gasteiger partial charge in [-0.25, -0.2) is 4.39 Å². The van der Waals surface area contributed by atoms with Crippen LogP contribution in [0.3, 0.4) is 0 Å². The van der Waals surface area contributed by atoms with Crippen molar-refractivity contribution in [1.29, 1.82) is 0 Å². The fraction of sp³-hybridized carbons (Fsp3) is 0. The number of thiophene rings is 1. The molecule has 0 spiro atoms. The first kappa shape index (κ1) is 9.08. The number of benzene rings is 1. The molecule has 4 heteroatoms. The second kappa shape index (κ2) is 3.34. The predicted octanol–water partition coefficient (Wildman–Crippen LogP) is 3.46. The second-order valence-electron chi connectivity index (χ2n) is 2.54. The van der Waals surface area contributed by atoms with Crippen molar-refractivity contribution >= 4 is 50.3 Å². The van der Waals surface area contributed by atoms with Gasteiger partial charge in [0.2, 0.25) is 0 Å². The molecular weight excluding hydrogens is 302 g/mol. The van der Waals surface area contributed by atoms with Crippen LogP contribution in [0, 0.1) is 9.39 Å². The Morgan fingerprint density at radius 3 is 2.85 bits per heavy atom. The molecular formula is C9H4FIOS. The molecule has 0 radical (unpaired) electrons. The minimum absolute atomic E-state index is 0.264. The number of hydrogen-bond acceptors (Lipinski definition) is 2. The third-order valence-corrected chi connectivity index (χ3v) is 4.08. The van der Waals surface area contributed by atoms with Crippen molar-refractivity contribution < 1.29 is 9.18 Å². The monoisotopic (exact) mass is 306 g/mol. The lowest BCUT2D eigenvalue weighted by Gasteiger charge is -1.93. The van der Waals surface area contributed by atoms with Crippen LogP contribution in [-0.4, -0.2) is 6.29 Å². The van der Waals surface area contributed by atoms with Crippen LogP contribution in [-0.2, 0) is 0 Å². The molecule has 0 fully saturated rings. The van der Waals surface area contributed by atoms with E-state index in [0.717, 1.165) is 14.6 Å². The van der Waals surface area contributed by atoms with Crippen LogP contribution < -0.4 is 0 Å². The number of carbonyl (C=O) groups is 1. The predicted molar refractivity (Wildman–Crippen MR) is 59.9 cm³/mol. The zero-order valence-electron chi connectivity index (χ0n) is 6.38. The van der Waals surface area contributed by atoms with Crippen molar-refractivity contribution in [3.8, 4) is 0 Å². The maximum absolute atomic E-state index is 13.2. The fourth-order valence-corrected chi connectivity index (χ4v) is 2.83. The summed E-state index contributed by atoms with van der Waals surface area (Å²) >= 11 is 3.45. The summed E-state index contributed by atoms with van der Waals surface area (Å²) in [6.07, 6.45) is 0.750. The van der Waals surface area contributed by atoms with Crippen LogP contribution in [0.2, 0.25) is 0 Å². The molecule has 13 heavy (non-hydrogen) atoms. The maximum Gasteiger partial charge on any atom is 0.160 e. The van der Waals surface area contributed by atoms with Gasteiger partial charge in [-0.1, -0.05) is 0 Å². The number of halogens is 2. The molecule has 0 atom stereocenters. The van der Waals surface area contributed by atoms with E-state index in [2.05, 4.69) is 22.6 Å². The van der Waals surface area contributed by atoms with Crippen LogP contribution in [0.15, 0.2) is 18.2 Å². The summed E-state index contributed by atoms with van der Waals surface area (Å²) in [5.74, 6) is -0.264. The zero-order valence-corrected chi connectivity index (χ0v) is 9.36. The normalized spacial score (nSPS) is 10.6. The Kier molecular flexibility index (Phi) is 2.33. The molecule has 0 aliphatic carbocycles. The highest BCUT2D eigenvalue weighted by atomic mass is 127. The van der Waals surface area contributed by atoms with Gasteiger partial charge in [0.1, 0.15) is 5.82 Å². The molecule has 2 aromatic rings. The van der Waals surface area contributed by atoms with E-state index in [0.29, 0.717) is 10.3 Å². The van der Waals surface area contributed by atoms with Gasteiger partial charge in [-0.05, 0) is 40.8 Å². The van der Waals surface area contributed by atoms with Gasteiger partial charge < -0.3 is 0 Å². The largest absolute Gasteiger partial charge is 0.297 e. The minimum atomic E-state index is -0.264. The summed E-state index contributed by atoms with van der Waals surface area (Å²) < 4.78 is 15.0. The van der Waals surface area contributed by atoms with Gasteiger partial charge in [-0.2, -0.15) is 0 Å². The lowest BCUT2D eigenvalue weighted by atomic mass is 10.2. The molecule has 0 aliphatic heterocycles. The van der Waals surface area contributed by atoms with E-state index in [-0.39, 0.29) is 5.82 Å². The molecule has 0 bridgehead atoms. The van der Waals surface area contributed by atoms with Gasteiger partial charge in [0.05, 0.1) is 9.58 Å². The summed E-state index contributed by atoms with van der Waals surface area (Å²) in [7, 11) is 0. The van der Waals surface area contributed by atoms with Crippen LogP contribution in [0.4, 0.5) is 4.39 Å². The molecule has 0 aliphatic rings. The Morgan fingerprint density at radius 2 is 2.23 bits per heavy atom. The average molecular weight is 306 g/mol. The van der Waals surface area contributed by atoms with Gasteiger partial charge in [0.15, 0.2) is 6.29 Å². The summed E-state index contributed by atoms with van der Waals surface area (Å²) in [6, 6.07) is 4.72. The van der Waals surface area contributed by atoms with Gasteiger partial charge >= 0.3 is 0 Å². The molecule has 66 valence electrons. The van der Waals surface area contributed by atoms with E-state index < -0.39 is 0 Å². The molecule has 2 rings (SSSR count). The van der Waals surface area contributed by atoms with Crippen LogP contribution in [0.5, 0.6) is 0 Å².